The quantitative estimate of drug-likeness (QED) is 0.479. The number of allylic oxidation sites excluding steroid dienone is 4. The van der Waals surface area contributed by atoms with E-state index in [1.54, 1.807) is 5.57 Å². The van der Waals surface area contributed by atoms with Crippen molar-refractivity contribution in [3.63, 3.8) is 0 Å². The molecule has 0 radical (unpaired) electrons. The highest BCUT2D eigenvalue weighted by atomic mass is 14.1. The first-order valence-corrected chi connectivity index (χ1v) is 4.04. The van der Waals surface area contributed by atoms with Crippen molar-refractivity contribution >= 4 is 0 Å². The molecule has 0 aromatic rings. The summed E-state index contributed by atoms with van der Waals surface area (Å²) >= 11 is 0. The maximum absolute atomic E-state index is 2.31. The second-order valence-electron chi connectivity index (χ2n) is 3.34. The summed E-state index contributed by atoms with van der Waals surface area (Å²) in [5.41, 5.74) is 3.02. The largest absolute Gasteiger partial charge is 0.0814 e. The van der Waals surface area contributed by atoms with Crippen LogP contribution in [0.25, 0.3) is 0 Å². The van der Waals surface area contributed by atoms with Gasteiger partial charge >= 0.3 is 0 Å². The molecule has 0 aromatic carbocycles. The van der Waals surface area contributed by atoms with Gasteiger partial charge in [-0.15, -0.1) is 0 Å². The molecule has 56 valence electrons. The summed E-state index contributed by atoms with van der Waals surface area (Å²) in [4.78, 5) is 0. The summed E-state index contributed by atoms with van der Waals surface area (Å²) < 4.78 is 0. The molecule has 0 spiro atoms. The van der Waals surface area contributed by atoms with E-state index in [0.29, 0.717) is 0 Å². The van der Waals surface area contributed by atoms with E-state index in [2.05, 4.69) is 32.9 Å². The Bertz CT molecular complexity index is 172. The smallest absolute Gasteiger partial charge is 0.0256 e. The summed E-state index contributed by atoms with van der Waals surface area (Å²) in [6, 6.07) is 0. The lowest BCUT2D eigenvalue weighted by Gasteiger charge is -2.02. The molecular weight excluding hydrogens is 120 g/mol. The summed E-state index contributed by atoms with van der Waals surface area (Å²) in [7, 11) is 0. The van der Waals surface area contributed by atoms with Gasteiger partial charge in [0.15, 0.2) is 0 Å². The molecule has 0 heterocycles. The Morgan fingerprint density at radius 2 is 2.10 bits per heavy atom. The molecule has 0 saturated carbocycles. The van der Waals surface area contributed by atoms with Gasteiger partial charge < -0.3 is 0 Å². The maximum atomic E-state index is 2.31. The van der Waals surface area contributed by atoms with Crippen LogP contribution in [0.15, 0.2) is 23.3 Å². The molecule has 1 rings (SSSR count). The highest BCUT2D eigenvalue weighted by Crippen LogP contribution is 2.20. The van der Waals surface area contributed by atoms with Crippen LogP contribution in [0.1, 0.15) is 33.6 Å². The molecule has 0 heteroatoms. The van der Waals surface area contributed by atoms with Crippen LogP contribution in [0.4, 0.5) is 0 Å². The molecular formula is C10H16. The van der Waals surface area contributed by atoms with Gasteiger partial charge in [-0.25, -0.2) is 0 Å². The standard InChI is InChI=1S/C10H16/c1-8-4-6-9(2)10(3)7-5-8/h4,6,8H,5,7H2,1-3H3. The van der Waals surface area contributed by atoms with Gasteiger partial charge in [-0.05, 0) is 32.6 Å². The monoisotopic (exact) mass is 136 g/mol. The third kappa shape index (κ3) is 1.73. The molecule has 0 nitrogen and oxygen atoms in total. The van der Waals surface area contributed by atoms with Crippen LogP contribution in [0.5, 0.6) is 0 Å². The summed E-state index contributed by atoms with van der Waals surface area (Å²) in [5, 5.41) is 0. The first kappa shape index (κ1) is 7.59. The summed E-state index contributed by atoms with van der Waals surface area (Å²) in [5.74, 6) is 0.771. The fraction of sp³-hybridized carbons (Fsp3) is 0.600. The van der Waals surface area contributed by atoms with Crippen molar-refractivity contribution in [3.05, 3.63) is 23.3 Å². The van der Waals surface area contributed by atoms with E-state index in [1.165, 1.54) is 18.4 Å². The van der Waals surface area contributed by atoms with Gasteiger partial charge in [0.1, 0.15) is 0 Å². The Morgan fingerprint density at radius 3 is 2.80 bits per heavy atom. The first-order valence-electron chi connectivity index (χ1n) is 4.04. The molecule has 0 bridgehead atoms. The second kappa shape index (κ2) is 3.05. The molecule has 0 saturated heterocycles. The van der Waals surface area contributed by atoms with E-state index in [9.17, 15) is 0 Å². The third-order valence-electron chi connectivity index (χ3n) is 2.32. The molecule has 1 unspecified atom stereocenters. The van der Waals surface area contributed by atoms with E-state index in [0.717, 1.165) is 5.92 Å². The third-order valence-corrected chi connectivity index (χ3v) is 2.32. The Balaban J connectivity index is 2.72. The van der Waals surface area contributed by atoms with Gasteiger partial charge in [0, 0.05) is 0 Å². The number of hydrogen-bond donors (Lipinski definition) is 0. The lowest BCUT2D eigenvalue weighted by Crippen LogP contribution is -1.86. The zero-order valence-corrected chi connectivity index (χ0v) is 7.15. The maximum Gasteiger partial charge on any atom is -0.0256 e. The Labute approximate surface area is 63.6 Å². The van der Waals surface area contributed by atoms with Crippen LogP contribution >= 0.6 is 0 Å². The van der Waals surface area contributed by atoms with Crippen molar-refractivity contribution in [3.8, 4) is 0 Å². The fourth-order valence-electron chi connectivity index (χ4n) is 1.19. The molecule has 0 N–H and O–H groups in total. The van der Waals surface area contributed by atoms with Gasteiger partial charge in [-0.1, -0.05) is 30.2 Å². The molecule has 0 aliphatic heterocycles. The van der Waals surface area contributed by atoms with Crippen LogP contribution in [0, 0.1) is 5.92 Å². The van der Waals surface area contributed by atoms with Crippen molar-refractivity contribution < 1.29 is 0 Å². The highest BCUT2D eigenvalue weighted by Gasteiger charge is 2.03. The van der Waals surface area contributed by atoms with Gasteiger partial charge in [0.25, 0.3) is 0 Å². The Kier molecular flexibility index (Phi) is 2.31. The minimum absolute atomic E-state index is 0.771. The van der Waals surface area contributed by atoms with E-state index in [4.69, 9.17) is 0 Å². The van der Waals surface area contributed by atoms with Crippen molar-refractivity contribution in [1.29, 1.82) is 0 Å². The van der Waals surface area contributed by atoms with Crippen LogP contribution in [0.2, 0.25) is 0 Å². The topological polar surface area (TPSA) is 0 Å². The molecule has 0 amide bonds. The molecule has 0 aromatic heterocycles. The molecule has 0 fully saturated rings. The number of hydrogen-bond acceptors (Lipinski definition) is 0. The van der Waals surface area contributed by atoms with E-state index >= 15 is 0 Å². The van der Waals surface area contributed by atoms with Gasteiger partial charge in [-0.2, -0.15) is 0 Å². The fourth-order valence-corrected chi connectivity index (χ4v) is 1.19. The minimum Gasteiger partial charge on any atom is -0.0814 e. The van der Waals surface area contributed by atoms with Gasteiger partial charge in [0.2, 0.25) is 0 Å². The van der Waals surface area contributed by atoms with Gasteiger partial charge in [-0.3, -0.25) is 0 Å². The van der Waals surface area contributed by atoms with E-state index in [-0.39, 0.29) is 0 Å². The van der Waals surface area contributed by atoms with Crippen LogP contribution < -0.4 is 0 Å². The minimum atomic E-state index is 0.771. The van der Waals surface area contributed by atoms with Crippen LogP contribution in [-0.4, -0.2) is 0 Å². The lowest BCUT2D eigenvalue weighted by atomic mass is 10.0. The normalized spacial score (nSPS) is 26.9. The van der Waals surface area contributed by atoms with Crippen LogP contribution in [-0.2, 0) is 0 Å². The zero-order chi connectivity index (χ0) is 7.56. The Morgan fingerprint density at radius 1 is 1.40 bits per heavy atom. The van der Waals surface area contributed by atoms with Crippen LogP contribution in [0.3, 0.4) is 0 Å². The molecule has 10 heavy (non-hydrogen) atoms. The van der Waals surface area contributed by atoms with Crippen molar-refractivity contribution in [2.75, 3.05) is 0 Å². The predicted octanol–water partition coefficient (Wildman–Crippen LogP) is 3.31. The first-order chi connectivity index (χ1) is 4.70. The second-order valence-corrected chi connectivity index (χ2v) is 3.34. The van der Waals surface area contributed by atoms with E-state index in [1.807, 2.05) is 0 Å². The van der Waals surface area contributed by atoms with E-state index < -0.39 is 0 Å². The lowest BCUT2D eigenvalue weighted by molar-refractivity contribution is 0.650. The summed E-state index contributed by atoms with van der Waals surface area (Å²) in [6.07, 6.45) is 7.17. The molecule has 1 aliphatic carbocycles. The van der Waals surface area contributed by atoms with Gasteiger partial charge in [0.05, 0.1) is 0 Å². The average Bonchev–Trinajstić information content (AvgIpc) is 2.04. The SMILES string of the molecule is CC1=C(C)CCC(C)C=C1. The predicted molar refractivity (Wildman–Crippen MR) is 45.9 cm³/mol. The number of rotatable bonds is 0. The molecule has 1 atom stereocenters. The van der Waals surface area contributed by atoms with Crippen molar-refractivity contribution in [2.45, 2.75) is 33.6 Å². The molecule has 1 aliphatic rings. The van der Waals surface area contributed by atoms with Crippen molar-refractivity contribution in [1.82, 2.24) is 0 Å². The zero-order valence-electron chi connectivity index (χ0n) is 7.15. The Hall–Kier alpha value is -0.520. The summed E-state index contributed by atoms with van der Waals surface area (Å²) in [6.45, 7) is 6.71. The average molecular weight is 136 g/mol. The van der Waals surface area contributed by atoms with Crippen molar-refractivity contribution in [2.24, 2.45) is 5.92 Å². The highest BCUT2D eigenvalue weighted by molar-refractivity contribution is 5.24.